The van der Waals surface area contributed by atoms with E-state index in [1.54, 1.807) is 0 Å². The Hall–Kier alpha value is -0.580. The summed E-state index contributed by atoms with van der Waals surface area (Å²) in [5.41, 5.74) is 0. The smallest absolute Gasteiger partial charge is 0.306 e. The summed E-state index contributed by atoms with van der Waals surface area (Å²) in [7, 11) is -2.98. The van der Waals surface area contributed by atoms with Crippen LogP contribution < -0.4 is 0 Å². The fourth-order valence-electron chi connectivity index (χ4n) is 2.45. The highest BCUT2D eigenvalue weighted by molar-refractivity contribution is 7.91. The molecule has 0 radical (unpaired) electrons. The molecule has 0 amide bonds. The molecule has 2 atom stereocenters. The van der Waals surface area contributed by atoms with Crippen LogP contribution in [0, 0.1) is 17.8 Å². The Kier molecular flexibility index (Phi) is 4.98. The van der Waals surface area contributed by atoms with Gasteiger partial charge in [0.25, 0.3) is 0 Å². The quantitative estimate of drug-likeness (QED) is 0.794. The lowest BCUT2D eigenvalue weighted by atomic mass is 9.87. The van der Waals surface area contributed by atoms with Crippen LogP contribution in [0.3, 0.4) is 0 Å². The Balaban J connectivity index is 2.52. The third-order valence-corrected chi connectivity index (χ3v) is 5.24. The Morgan fingerprint density at radius 1 is 1.35 bits per heavy atom. The highest BCUT2D eigenvalue weighted by Gasteiger charge is 2.36. The summed E-state index contributed by atoms with van der Waals surface area (Å²) in [6.45, 7) is 4.21. The van der Waals surface area contributed by atoms with Crippen molar-refractivity contribution in [3.63, 3.8) is 0 Å². The second kappa shape index (κ2) is 5.85. The minimum atomic E-state index is -2.98. The first kappa shape index (κ1) is 14.5. The van der Waals surface area contributed by atoms with E-state index < -0.39 is 21.7 Å². The molecule has 0 aromatic carbocycles. The average Bonchev–Trinajstić information content (AvgIpc) is 2.52. The van der Waals surface area contributed by atoms with E-state index in [4.69, 9.17) is 0 Å². The Morgan fingerprint density at radius 3 is 2.41 bits per heavy atom. The van der Waals surface area contributed by atoms with E-state index in [9.17, 15) is 18.3 Å². The summed E-state index contributed by atoms with van der Waals surface area (Å²) in [6.07, 6.45) is 2.99. The molecule has 0 aromatic rings. The number of rotatable bonds is 6. The van der Waals surface area contributed by atoms with E-state index in [1.165, 1.54) is 0 Å². The third-order valence-electron chi connectivity index (χ3n) is 3.45. The second-order valence-corrected chi connectivity index (χ2v) is 7.66. The molecule has 4 nitrogen and oxygen atoms in total. The van der Waals surface area contributed by atoms with Gasteiger partial charge in [-0.2, -0.15) is 0 Å². The zero-order valence-corrected chi connectivity index (χ0v) is 11.4. The molecule has 0 aromatic heterocycles. The van der Waals surface area contributed by atoms with Crippen LogP contribution in [0.1, 0.15) is 39.5 Å². The van der Waals surface area contributed by atoms with Crippen molar-refractivity contribution >= 4 is 15.8 Å². The van der Waals surface area contributed by atoms with Gasteiger partial charge in [0.15, 0.2) is 9.84 Å². The van der Waals surface area contributed by atoms with Gasteiger partial charge in [0, 0.05) is 0 Å². The molecule has 0 bridgehead atoms. The lowest BCUT2D eigenvalue weighted by Crippen LogP contribution is -2.24. The van der Waals surface area contributed by atoms with Crippen molar-refractivity contribution < 1.29 is 18.3 Å². The van der Waals surface area contributed by atoms with Crippen molar-refractivity contribution in [2.75, 3.05) is 11.5 Å². The molecule has 17 heavy (non-hydrogen) atoms. The molecule has 1 saturated heterocycles. The van der Waals surface area contributed by atoms with E-state index in [2.05, 4.69) is 13.8 Å². The van der Waals surface area contributed by atoms with Gasteiger partial charge in [0.1, 0.15) is 0 Å². The lowest BCUT2D eigenvalue weighted by molar-refractivity contribution is -0.143. The number of hydrogen-bond donors (Lipinski definition) is 1. The third kappa shape index (κ3) is 4.66. The van der Waals surface area contributed by atoms with Crippen LogP contribution in [0.2, 0.25) is 0 Å². The van der Waals surface area contributed by atoms with Crippen LogP contribution in [0.4, 0.5) is 0 Å². The molecule has 1 rings (SSSR count). The summed E-state index contributed by atoms with van der Waals surface area (Å²) in [4.78, 5) is 11.2. The molecular formula is C12H22O4S. The Morgan fingerprint density at radius 2 is 2.00 bits per heavy atom. The Labute approximate surface area is 103 Å². The van der Waals surface area contributed by atoms with E-state index in [0.29, 0.717) is 18.8 Å². The topological polar surface area (TPSA) is 71.4 Å². The zero-order chi connectivity index (χ0) is 13.1. The molecule has 1 aliphatic rings. The molecule has 0 spiro atoms. The predicted octanol–water partition coefficient (Wildman–Crippen LogP) is 1.95. The van der Waals surface area contributed by atoms with Crippen LogP contribution >= 0.6 is 0 Å². The lowest BCUT2D eigenvalue weighted by Gasteiger charge is -2.18. The average molecular weight is 262 g/mol. The maximum absolute atomic E-state index is 11.4. The first-order valence-electron chi connectivity index (χ1n) is 6.25. The number of hydrogen-bond acceptors (Lipinski definition) is 3. The van der Waals surface area contributed by atoms with Gasteiger partial charge in [-0.25, -0.2) is 8.42 Å². The summed E-state index contributed by atoms with van der Waals surface area (Å²) >= 11 is 0. The monoisotopic (exact) mass is 262 g/mol. The van der Waals surface area contributed by atoms with Gasteiger partial charge < -0.3 is 5.11 Å². The van der Waals surface area contributed by atoms with Crippen molar-refractivity contribution in [3.05, 3.63) is 0 Å². The molecule has 0 aliphatic carbocycles. The van der Waals surface area contributed by atoms with Crippen LogP contribution in [-0.4, -0.2) is 31.0 Å². The molecule has 1 aliphatic heterocycles. The minimum absolute atomic E-state index is 0.0612. The van der Waals surface area contributed by atoms with Crippen LogP contribution in [0.15, 0.2) is 0 Å². The largest absolute Gasteiger partial charge is 0.481 e. The number of carbonyl (C=O) groups is 1. The van der Waals surface area contributed by atoms with Gasteiger partial charge in [0.05, 0.1) is 17.4 Å². The molecule has 5 heteroatoms. The SMILES string of the molecule is CC(C)CCCC(C(=O)O)C1CCS(=O)(=O)C1. The van der Waals surface area contributed by atoms with Gasteiger partial charge in [-0.15, -0.1) is 0 Å². The van der Waals surface area contributed by atoms with E-state index in [0.717, 1.165) is 12.8 Å². The maximum atomic E-state index is 11.4. The fraction of sp³-hybridized carbons (Fsp3) is 0.917. The number of carboxylic acid groups (broad SMARTS) is 1. The Bertz CT molecular complexity index is 359. The summed E-state index contributed by atoms with van der Waals surface area (Å²) in [6, 6.07) is 0. The van der Waals surface area contributed by atoms with Crippen molar-refractivity contribution in [1.29, 1.82) is 0 Å². The maximum Gasteiger partial charge on any atom is 0.306 e. The molecule has 1 fully saturated rings. The highest BCUT2D eigenvalue weighted by Crippen LogP contribution is 2.30. The summed E-state index contributed by atoms with van der Waals surface area (Å²) in [5, 5.41) is 9.17. The predicted molar refractivity (Wildman–Crippen MR) is 66.6 cm³/mol. The van der Waals surface area contributed by atoms with E-state index >= 15 is 0 Å². The van der Waals surface area contributed by atoms with Crippen LogP contribution in [0.5, 0.6) is 0 Å². The van der Waals surface area contributed by atoms with E-state index in [1.807, 2.05) is 0 Å². The summed E-state index contributed by atoms with van der Waals surface area (Å²) in [5.74, 6) is -0.708. The first-order valence-corrected chi connectivity index (χ1v) is 8.07. The molecule has 1 heterocycles. The van der Waals surface area contributed by atoms with E-state index in [-0.39, 0.29) is 17.4 Å². The van der Waals surface area contributed by atoms with Gasteiger partial charge >= 0.3 is 5.97 Å². The minimum Gasteiger partial charge on any atom is -0.481 e. The van der Waals surface area contributed by atoms with Gasteiger partial charge in [-0.3, -0.25) is 4.79 Å². The number of carboxylic acids is 1. The summed E-state index contributed by atoms with van der Waals surface area (Å²) < 4.78 is 22.7. The zero-order valence-electron chi connectivity index (χ0n) is 10.6. The highest BCUT2D eigenvalue weighted by atomic mass is 32.2. The first-order chi connectivity index (χ1) is 7.82. The van der Waals surface area contributed by atoms with Crippen LogP contribution in [-0.2, 0) is 14.6 Å². The van der Waals surface area contributed by atoms with Crippen molar-refractivity contribution in [3.8, 4) is 0 Å². The van der Waals surface area contributed by atoms with Crippen LogP contribution in [0.25, 0.3) is 0 Å². The van der Waals surface area contributed by atoms with Gasteiger partial charge in [0.2, 0.25) is 0 Å². The normalized spacial score (nSPS) is 25.0. The molecule has 1 N–H and O–H groups in total. The molecular weight excluding hydrogens is 240 g/mol. The number of aliphatic carboxylic acids is 1. The van der Waals surface area contributed by atoms with Gasteiger partial charge in [-0.05, 0) is 24.7 Å². The van der Waals surface area contributed by atoms with Crippen molar-refractivity contribution in [2.45, 2.75) is 39.5 Å². The van der Waals surface area contributed by atoms with Gasteiger partial charge in [-0.1, -0.05) is 26.7 Å². The molecule has 0 saturated carbocycles. The standard InChI is InChI=1S/C12H22O4S/c1-9(2)4-3-5-11(12(13)14)10-6-7-17(15,16)8-10/h9-11H,3-8H2,1-2H3,(H,13,14). The van der Waals surface area contributed by atoms with Crippen molar-refractivity contribution in [1.82, 2.24) is 0 Å². The number of sulfone groups is 1. The molecule has 2 unspecified atom stereocenters. The fourth-order valence-corrected chi connectivity index (χ4v) is 4.33. The van der Waals surface area contributed by atoms with Crippen molar-refractivity contribution in [2.24, 2.45) is 17.8 Å². The second-order valence-electron chi connectivity index (χ2n) is 5.43. The molecule has 100 valence electrons.